The van der Waals surface area contributed by atoms with Gasteiger partial charge >= 0.3 is 0 Å². The van der Waals surface area contributed by atoms with Gasteiger partial charge in [-0.25, -0.2) is 0 Å². The Morgan fingerprint density at radius 1 is 1.30 bits per heavy atom. The SMILES string of the molecule is CC(NC(=O)C(Oc1ccc(C#N)cc1Cl)C(C)(C)CO)c1ccccc1. The molecule has 2 aromatic rings. The molecule has 0 spiro atoms. The van der Waals surface area contributed by atoms with Gasteiger partial charge in [0.05, 0.1) is 29.3 Å². The summed E-state index contributed by atoms with van der Waals surface area (Å²) in [6, 6.07) is 15.9. The molecular weight excluding hydrogens is 364 g/mol. The lowest BCUT2D eigenvalue weighted by Gasteiger charge is -2.33. The number of hydrogen-bond donors (Lipinski definition) is 2. The van der Waals surface area contributed by atoms with E-state index < -0.39 is 11.5 Å². The smallest absolute Gasteiger partial charge is 0.262 e. The van der Waals surface area contributed by atoms with Crippen molar-refractivity contribution in [1.29, 1.82) is 5.26 Å². The Labute approximate surface area is 164 Å². The molecular formula is C21H23ClN2O3. The molecule has 0 saturated carbocycles. The first kappa shape index (κ1) is 20.8. The van der Waals surface area contributed by atoms with Gasteiger partial charge in [0.1, 0.15) is 5.75 Å². The van der Waals surface area contributed by atoms with Gasteiger partial charge in [-0.3, -0.25) is 4.79 Å². The summed E-state index contributed by atoms with van der Waals surface area (Å²) in [6.45, 7) is 5.10. The standard InChI is InChI=1S/C21H23ClN2O3/c1-14(16-7-5-4-6-8-16)24-20(26)19(21(2,3)13-25)27-18-10-9-15(12-23)11-17(18)22/h4-11,14,19,25H,13H2,1-3H3,(H,24,26). The maximum Gasteiger partial charge on any atom is 0.262 e. The van der Waals surface area contributed by atoms with Crippen LogP contribution < -0.4 is 10.1 Å². The zero-order chi connectivity index (χ0) is 20.0. The van der Waals surface area contributed by atoms with E-state index in [0.29, 0.717) is 5.56 Å². The van der Waals surface area contributed by atoms with Crippen molar-refractivity contribution in [2.45, 2.75) is 32.9 Å². The molecule has 0 heterocycles. The Hall–Kier alpha value is -2.55. The van der Waals surface area contributed by atoms with Gasteiger partial charge in [-0.15, -0.1) is 0 Å². The van der Waals surface area contributed by atoms with E-state index >= 15 is 0 Å². The van der Waals surface area contributed by atoms with E-state index in [4.69, 9.17) is 21.6 Å². The van der Waals surface area contributed by atoms with Crippen LogP contribution >= 0.6 is 11.6 Å². The Kier molecular flexibility index (Phi) is 6.84. The molecule has 0 fully saturated rings. The molecule has 0 aromatic heterocycles. The minimum absolute atomic E-state index is 0.226. The van der Waals surface area contributed by atoms with Crippen LogP contribution in [-0.2, 0) is 4.79 Å². The first-order chi connectivity index (χ1) is 12.8. The molecule has 6 heteroatoms. The highest BCUT2D eigenvalue weighted by Gasteiger charge is 2.38. The Bertz CT molecular complexity index is 831. The number of hydrogen-bond acceptors (Lipinski definition) is 4. The number of aliphatic hydroxyl groups is 1. The predicted molar refractivity (Wildman–Crippen MR) is 104 cm³/mol. The number of ether oxygens (including phenoxy) is 1. The third kappa shape index (κ3) is 5.22. The van der Waals surface area contributed by atoms with Gasteiger partial charge in [0, 0.05) is 5.41 Å². The van der Waals surface area contributed by atoms with Crippen LogP contribution in [0.2, 0.25) is 5.02 Å². The number of nitrogens with zero attached hydrogens (tertiary/aromatic N) is 1. The molecule has 27 heavy (non-hydrogen) atoms. The second-order valence-corrected chi connectivity index (χ2v) is 7.45. The summed E-state index contributed by atoms with van der Waals surface area (Å²) >= 11 is 6.18. The quantitative estimate of drug-likeness (QED) is 0.757. The molecule has 2 atom stereocenters. The molecule has 0 aliphatic heterocycles. The van der Waals surface area contributed by atoms with Gasteiger partial charge in [-0.1, -0.05) is 55.8 Å². The molecule has 142 valence electrons. The molecule has 2 N–H and O–H groups in total. The fourth-order valence-electron chi connectivity index (χ4n) is 2.56. The van der Waals surface area contributed by atoms with Crippen molar-refractivity contribution in [2.75, 3.05) is 6.61 Å². The largest absolute Gasteiger partial charge is 0.478 e. The second-order valence-electron chi connectivity index (χ2n) is 7.04. The number of carbonyl (C=O) groups is 1. The van der Waals surface area contributed by atoms with Crippen molar-refractivity contribution in [2.24, 2.45) is 5.41 Å². The maximum atomic E-state index is 12.9. The van der Waals surface area contributed by atoms with Crippen LogP contribution in [0.5, 0.6) is 5.75 Å². The highest BCUT2D eigenvalue weighted by Crippen LogP contribution is 2.31. The van der Waals surface area contributed by atoms with Gasteiger partial charge < -0.3 is 15.2 Å². The molecule has 2 unspecified atom stereocenters. The van der Waals surface area contributed by atoms with E-state index in [-0.39, 0.29) is 29.3 Å². The fourth-order valence-corrected chi connectivity index (χ4v) is 2.78. The third-order valence-electron chi connectivity index (χ3n) is 4.32. The number of nitrogens with one attached hydrogen (secondary N) is 1. The predicted octanol–water partition coefficient (Wildman–Crippen LogP) is 3.85. The average molecular weight is 387 g/mol. The van der Waals surface area contributed by atoms with Crippen LogP contribution in [0, 0.1) is 16.7 Å². The molecule has 2 aromatic carbocycles. The summed E-state index contributed by atoms with van der Waals surface area (Å²) in [7, 11) is 0. The summed E-state index contributed by atoms with van der Waals surface area (Å²) < 4.78 is 5.89. The minimum atomic E-state index is -0.973. The number of rotatable bonds is 7. The molecule has 0 saturated heterocycles. The van der Waals surface area contributed by atoms with Gasteiger partial charge in [0.2, 0.25) is 0 Å². The van der Waals surface area contributed by atoms with Gasteiger partial charge in [0.15, 0.2) is 6.10 Å². The summed E-state index contributed by atoms with van der Waals surface area (Å²) in [6.07, 6.45) is -0.973. The zero-order valence-electron chi connectivity index (χ0n) is 15.6. The second kappa shape index (κ2) is 8.90. The highest BCUT2D eigenvalue weighted by molar-refractivity contribution is 6.32. The summed E-state index contributed by atoms with van der Waals surface area (Å²) in [5, 5.41) is 21.9. The summed E-state index contributed by atoms with van der Waals surface area (Å²) in [5.41, 5.74) is 0.507. The van der Waals surface area contributed by atoms with Gasteiger partial charge in [-0.05, 0) is 30.7 Å². The first-order valence-corrected chi connectivity index (χ1v) is 8.99. The fraction of sp³-hybridized carbons (Fsp3) is 0.333. The van der Waals surface area contributed by atoms with Crippen molar-refractivity contribution < 1.29 is 14.6 Å². The lowest BCUT2D eigenvalue weighted by molar-refractivity contribution is -0.135. The van der Waals surface area contributed by atoms with Crippen LogP contribution in [-0.4, -0.2) is 23.7 Å². The number of nitriles is 1. The van der Waals surface area contributed by atoms with E-state index in [2.05, 4.69) is 5.32 Å². The number of amides is 1. The van der Waals surface area contributed by atoms with Crippen LogP contribution in [0.3, 0.4) is 0 Å². The molecule has 0 aliphatic rings. The summed E-state index contributed by atoms with van der Waals surface area (Å²) in [5.74, 6) is -0.0736. The third-order valence-corrected chi connectivity index (χ3v) is 4.61. The van der Waals surface area contributed by atoms with Crippen molar-refractivity contribution in [3.63, 3.8) is 0 Å². The molecule has 2 rings (SSSR count). The molecule has 0 bridgehead atoms. The lowest BCUT2D eigenvalue weighted by atomic mass is 9.86. The van der Waals surface area contributed by atoms with Crippen LogP contribution in [0.15, 0.2) is 48.5 Å². The Morgan fingerprint density at radius 3 is 2.52 bits per heavy atom. The van der Waals surface area contributed by atoms with Crippen LogP contribution in [0.4, 0.5) is 0 Å². The minimum Gasteiger partial charge on any atom is -0.478 e. The molecule has 5 nitrogen and oxygen atoms in total. The average Bonchev–Trinajstić information content (AvgIpc) is 2.67. The number of halogens is 1. The lowest BCUT2D eigenvalue weighted by Crippen LogP contribution is -2.49. The molecule has 1 amide bonds. The Balaban J connectivity index is 2.24. The van der Waals surface area contributed by atoms with Crippen molar-refractivity contribution in [3.05, 3.63) is 64.7 Å². The van der Waals surface area contributed by atoms with Gasteiger partial charge in [0.25, 0.3) is 5.91 Å². The van der Waals surface area contributed by atoms with E-state index in [1.165, 1.54) is 6.07 Å². The van der Waals surface area contributed by atoms with E-state index in [1.54, 1.807) is 26.0 Å². The normalized spacial score (nSPS) is 13.3. The number of benzene rings is 2. The van der Waals surface area contributed by atoms with E-state index in [1.807, 2.05) is 43.3 Å². The van der Waals surface area contributed by atoms with Crippen LogP contribution in [0.25, 0.3) is 0 Å². The van der Waals surface area contributed by atoms with Crippen molar-refractivity contribution >= 4 is 17.5 Å². The van der Waals surface area contributed by atoms with Gasteiger partial charge in [-0.2, -0.15) is 5.26 Å². The molecule has 0 aliphatic carbocycles. The number of aliphatic hydroxyl groups excluding tert-OH is 1. The van der Waals surface area contributed by atoms with E-state index in [0.717, 1.165) is 5.56 Å². The van der Waals surface area contributed by atoms with E-state index in [9.17, 15) is 9.90 Å². The maximum absolute atomic E-state index is 12.9. The first-order valence-electron chi connectivity index (χ1n) is 8.61. The topological polar surface area (TPSA) is 82.3 Å². The van der Waals surface area contributed by atoms with Crippen molar-refractivity contribution in [1.82, 2.24) is 5.32 Å². The number of carbonyl (C=O) groups excluding carboxylic acids is 1. The summed E-state index contributed by atoms with van der Waals surface area (Å²) in [4.78, 5) is 12.9. The Morgan fingerprint density at radius 2 is 1.96 bits per heavy atom. The monoisotopic (exact) mass is 386 g/mol. The highest BCUT2D eigenvalue weighted by atomic mass is 35.5. The zero-order valence-corrected chi connectivity index (χ0v) is 16.3. The molecule has 0 radical (unpaired) electrons. The van der Waals surface area contributed by atoms with Crippen molar-refractivity contribution in [3.8, 4) is 11.8 Å². The van der Waals surface area contributed by atoms with Crippen LogP contribution in [0.1, 0.15) is 37.9 Å².